The highest BCUT2D eigenvalue weighted by Gasteiger charge is 2.31. The highest BCUT2D eigenvalue weighted by Crippen LogP contribution is 2.25. The van der Waals surface area contributed by atoms with Crippen LogP contribution in [0.15, 0.2) is 53.4 Å². The monoisotopic (exact) mass is 456 g/mol. The minimum absolute atomic E-state index is 0.136. The maximum atomic E-state index is 13.0. The molecule has 1 aromatic heterocycles. The van der Waals surface area contributed by atoms with Crippen LogP contribution in [0, 0.1) is 0 Å². The van der Waals surface area contributed by atoms with Gasteiger partial charge in [0.05, 0.1) is 29.6 Å². The zero-order chi connectivity index (χ0) is 22.7. The molecule has 0 radical (unpaired) electrons. The molecule has 0 spiro atoms. The third kappa shape index (κ3) is 4.23. The Kier molecular flexibility index (Phi) is 6.24. The van der Waals surface area contributed by atoms with Crippen molar-refractivity contribution in [1.82, 2.24) is 14.3 Å². The molecule has 4 rings (SSSR count). The first kappa shape index (κ1) is 22.0. The average Bonchev–Trinajstić information content (AvgIpc) is 2.83. The molecule has 1 aliphatic rings. The van der Waals surface area contributed by atoms with Crippen molar-refractivity contribution in [2.24, 2.45) is 0 Å². The molecule has 1 saturated heterocycles. The number of ether oxygens (including phenoxy) is 2. The summed E-state index contributed by atoms with van der Waals surface area (Å²) in [5, 5.41) is 0. The van der Waals surface area contributed by atoms with Crippen molar-refractivity contribution in [3.8, 4) is 5.75 Å². The van der Waals surface area contributed by atoms with Crippen molar-refractivity contribution >= 4 is 32.8 Å². The van der Waals surface area contributed by atoms with Crippen LogP contribution in [0.1, 0.15) is 17.4 Å². The number of methoxy groups -OCH3 is 1. The fourth-order valence-corrected chi connectivity index (χ4v) is 5.01. The quantitative estimate of drug-likeness (QED) is 0.521. The molecule has 0 bridgehead atoms. The van der Waals surface area contributed by atoms with E-state index in [2.05, 4.69) is 9.97 Å². The molecule has 0 saturated carbocycles. The molecule has 1 fully saturated rings. The van der Waals surface area contributed by atoms with Crippen LogP contribution in [-0.2, 0) is 14.8 Å². The van der Waals surface area contributed by atoms with Crippen LogP contribution < -0.4 is 9.64 Å². The first-order valence-electron chi connectivity index (χ1n) is 10.3. The molecule has 2 heterocycles. The van der Waals surface area contributed by atoms with Gasteiger partial charge in [-0.3, -0.25) is 0 Å². The van der Waals surface area contributed by atoms with Crippen LogP contribution in [0.4, 0.5) is 5.82 Å². The van der Waals surface area contributed by atoms with Crippen LogP contribution in [0.3, 0.4) is 0 Å². The third-order valence-corrected chi connectivity index (χ3v) is 7.17. The van der Waals surface area contributed by atoms with Crippen LogP contribution >= 0.6 is 0 Å². The Morgan fingerprint density at radius 3 is 2.19 bits per heavy atom. The molecule has 32 heavy (non-hydrogen) atoms. The smallest absolute Gasteiger partial charge is 0.360 e. The van der Waals surface area contributed by atoms with Gasteiger partial charge < -0.3 is 14.4 Å². The number of hydrogen-bond acceptors (Lipinski definition) is 8. The lowest BCUT2D eigenvalue weighted by Crippen LogP contribution is -2.49. The second-order valence-corrected chi connectivity index (χ2v) is 9.11. The van der Waals surface area contributed by atoms with Gasteiger partial charge in [-0.1, -0.05) is 12.1 Å². The van der Waals surface area contributed by atoms with Crippen molar-refractivity contribution in [2.75, 3.05) is 44.8 Å². The van der Waals surface area contributed by atoms with Crippen molar-refractivity contribution in [2.45, 2.75) is 11.8 Å². The lowest BCUT2D eigenvalue weighted by atomic mass is 10.2. The van der Waals surface area contributed by atoms with Gasteiger partial charge in [-0.15, -0.1) is 0 Å². The molecule has 0 unspecified atom stereocenters. The van der Waals surface area contributed by atoms with Gasteiger partial charge in [0.1, 0.15) is 5.75 Å². The van der Waals surface area contributed by atoms with E-state index in [1.807, 2.05) is 23.1 Å². The van der Waals surface area contributed by atoms with E-state index >= 15 is 0 Å². The molecule has 0 N–H and O–H groups in total. The fourth-order valence-electron chi connectivity index (χ4n) is 3.58. The van der Waals surface area contributed by atoms with E-state index in [1.54, 1.807) is 25.1 Å². The number of aromatic nitrogens is 2. The third-order valence-electron chi connectivity index (χ3n) is 5.26. The van der Waals surface area contributed by atoms with E-state index in [-0.39, 0.29) is 30.3 Å². The number of nitrogens with zero attached hydrogens (tertiary/aromatic N) is 4. The summed E-state index contributed by atoms with van der Waals surface area (Å²) in [5.41, 5.74) is 1.39. The number of anilines is 1. The molecule has 9 nitrogen and oxygen atoms in total. The topological polar surface area (TPSA) is 102 Å². The summed E-state index contributed by atoms with van der Waals surface area (Å²) in [5.74, 6) is 0.452. The van der Waals surface area contributed by atoms with Gasteiger partial charge in [-0.2, -0.15) is 4.31 Å². The number of para-hydroxylation sites is 2. The van der Waals surface area contributed by atoms with Crippen molar-refractivity contribution in [1.29, 1.82) is 0 Å². The van der Waals surface area contributed by atoms with Gasteiger partial charge in [-0.05, 0) is 43.3 Å². The molecular weight excluding hydrogens is 432 g/mol. The average molecular weight is 457 g/mol. The molecule has 10 heteroatoms. The van der Waals surface area contributed by atoms with Gasteiger partial charge >= 0.3 is 5.97 Å². The Labute approximate surface area is 186 Å². The standard InChI is InChI=1S/C22H24N4O5S/c1-3-31-22(27)20-21(24-19-7-5-4-6-18(19)23-20)25-12-14-26(15-13-25)32(28,29)17-10-8-16(30-2)9-11-17/h4-11H,3,12-15H2,1-2H3. The van der Waals surface area contributed by atoms with Crippen molar-refractivity contribution in [3.63, 3.8) is 0 Å². The minimum Gasteiger partial charge on any atom is -0.497 e. The summed E-state index contributed by atoms with van der Waals surface area (Å²) in [6, 6.07) is 13.6. The number of fused-ring (bicyclic) bond motifs is 1. The zero-order valence-corrected chi connectivity index (χ0v) is 18.7. The van der Waals surface area contributed by atoms with Crippen LogP contribution in [0.25, 0.3) is 11.0 Å². The second-order valence-electron chi connectivity index (χ2n) is 7.17. The molecule has 3 aromatic rings. The number of sulfonamides is 1. The molecule has 0 amide bonds. The van der Waals surface area contributed by atoms with E-state index < -0.39 is 16.0 Å². The number of carbonyl (C=O) groups is 1. The minimum atomic E-state index is -3.64. The Hall–Kier alpha value is -3.24. The van der Waals surface area contributed by atoms with Crippen LogP contribution in [-0.4, -0.2) is 68.6 Å². The SMILES string of the molecule is CCOC(=O)c1nc2ccccc2nc1N1CCN(S(=O)(=O)c2ccc(OC)cc2)CC1. The van der Waals surface area contributed by atoms with E-state index in [4.69, 9.17) is 9.47 Å². The number of carbonyl (C=O) groups excluding carboxylic acids is 1. The number of piperazine rings is 1. The number of rotatable bonds is 6. The molecule has 0 aliphatic carbocycles. The summed E-state index contributed by atoms with van der Waals surface area (Å²) in [6.07, 6.45) is 0. The lowest BCUT2D eigenvalue weighted by molar-refractivity contribution is 0.0520. The summed E-state index contributed by atoms with van der Waals surface area (Å²) in [4.78, 5) is 23.8. The number of esters is 1. The fraction of sp³-hybridized carbons (Fsp3) is 0.318. The summed E-state index contributed by atoms with van der Waals surface area (Å²) >= 11 is 0. The van der Waals surface area contributed by atoms with E-state index in [0.717, 1.165) is 0 Å². The Balaban J connectivity index is 1.58. The number of benzene rings is 2. The zero-order valence-electron chi connectivity index (χ0n) is 17.9. The van der Waals surface area contributed by atoms with Gasteiger partial charge in [0.15, 0.2) is 11.5 Å². The summed E-state index contributed by atoms with van der Waals surface area (Å²) in [6.45, 7) is 3.20. The highest BCUT2D eigenvalue weighted by molar-refractivity contribution is 7.89. The second kappa shape index (κ2) is 9.09. The Bertz CT molecular complexity index is 1220. The molecule has 168 valence electrons. The van der Waals surface area contributed by atoms with E-state index in [9.17, 15) is 13.2 Å². The van der Waals surface area contributed by atoms with E-state index in [1.165, 1.54) is 23.5 Å². The van der Waals surface area contributed by atoms with Gasteiger partial charge in [0, 0.05) is 26.2 Å². The van der Waals surface area contributed by atoms with Gasteiger partial charge in [0.25, 0.3) is 0 Å². The normalized spacial score (nSPS) is 15.0. The lowest BCUT2D eigenvalue weighted by Gasteiger charge is -2.35. The first-order valence-corrected chi connectivity index (χ1v) is 11.7. The van der Waals surface area contributed by atoms with Crippen LogP contribution in [0.2, 0.25) is 0 Å². The molecule has 0 atom stereocenters. The maximum absolute atomic E-state index is 13.0. The van der Waals surface area contributed by atoms with E-state index in [0.29, 0.717) is 35.7 Å². The van der Waals surface area contributed by atoms with Gasteiger partial charge in [-0.25, -0.2) is 23.2 Å². The van der Waals surface area contributed by atoms with Crippen molar-refractivity contribution in [3.05, 3.63) is 54.2 Å². The predicted molar refractivity (Wildman–Crippen MR) is 119 cm³/mol. The van der Waals surface area contributed by atoms with Gasteiger partial charge in [0.2, 0.25) is 10.0 Å². The van der Waals surface area contributed by atoms with Crippen molar-refractivity contribution < 1.29 is 22.7 Å². The number of hydrogen-bond donors (Lipinski definition) is 0. The van der Waals surface area contributed by atoms with Crippen LogP contribution in [0.5, 0.6) is 5.75 Å². The largest absolute Gasteiger partial charge is 0.497 e. The molecular formula is C22H24N4O5S. The first-order chi connectivity index (χ1) is 15.4. The highest BCUT2D eigenvalue weighted by atomic mass is 32.2. The summed E-state index contributed by atoms with van der Waals surface area (Å²) in [7, 11) is -2.11. The maximum Gasteiger partial charge on any atom is 0.360 e. The molecule has 1 aliphatic heterocycles. The Morgan fingerprint density at radius 2 is 1.59 bits per heavy atom. The summed E-state index contributed by atoms with van der Waals surface area (Å²) < 4.78 is 37.8. The Morgan fingerprint density at radius 1 is 0.969 bits per heavy atom. The molecule has 2 aromatic carbocycles. The predicted octanol–water partition coefficient (Wildman–Crippen LogP) is 2.33.